The lowest BCUT2D eigenvalue weighted by Gasteiger charge is -2.36. The van der Waals surface area contributed by atoms with Gasteiger partial charge in [-0.15, -0.1) is 0 Å². The summed E-state index contributed by atoms with van der Waals surface area (Å²) in [5.74, 6) is -0.624. The van der Waals surface area contributed by atoms with Crippen molar-refractivity contribution in [3.63, 3.8) is 0 Å². The molecular formula is C12H18FN3O. The Bertz CT molecular complexity index is 432. The van der Waals surface area contributed by atoms with Crippen LogP contribution in [0.25, 0.3) is 0 Å². The van der Waals surface area contributed by atoms with E-state index in [4.69, 9.17) is 11.1 Å². The number of halogens is 1. The predicted octanol–water partition coefficient (Wildman–Crippen LogP) is 1.32. The van der Waals surface area contributed by atoms with Crippen LogP contribution in [-0.4, -0.2) is 30.1 Å². The van der Waals surface area contributed by atoms with Gasteiger partial charge in [-0.25, -0.2) is 4.39 Å². The molecule has 0 aliphatic heterocycles. The third-order valence-corrected chi connectivity index (χ3v) is 2.91. The molecule has 0 aliphatic rings. The van der Waals surface area contributed by atoms with Crippen LogP contribution < -0.4 is 10.6 Å². The third-order valence-electron chi connectivity index (χ3n) is 2.91. The van der Waals surface area contributed by atoms with Gasteiger partial charge in [0.05, 0.1) is 17.8 Å². The average molecular weight is 239 g/mol. The van der Waals surface area contributed by atoms with Crippen LogP contribution in [0.15, 0.2) is 18.2 Å². The largest absolute Gasteiger partial charge is 0.394 e. The summed E-state index contributed by atoms with van der Waals surface area (Å²) in [4.78, 5) is 1.66. The number of anilines is 1. The van der Waals surface area contributed by atoms with Gasteiger partial charge >= 0.3 is 0 Å². The number of amidine groups is 1. The molecule has 1 aromatic rings. The fraction of sp³-hybridized carbons (Fsp3) is 0.417. The second-order valence-electron chi connectivity index (χ2n) is 4.61. The number of likely N-dealkylation sites (N-methyl/N-ethyl adjacent to an activating group) is 1. The second-order valence-corrected chi connectivity index (χ2v) is 4.61. The fourth-order valence-electron chi connectivity index (χ4n) is 1.38. The molecular weight excluding hydrogens is 221 g/mol. The van der Waals surface area contributed by atoms with Gasteiger partial charge in [-0.3, -0.25) is 5.41 Å². The maximum absolute atomic E-state index is 13.9. The van der Waals surface area contributed by atoms with Gasteiger partial charge in [-0.05, 0) is 32.0 Å². The van der Waals surface area contributed by atoms with Crippen LogP contribution in [-0.2, 0) is 0 Å². The first-order valence-corrected chi connectivity index (χ1v) is 5.28. The van der Waals surface area contributed by atoms with Gasteiger partial charge in [-0.2, -0.15) is 0 Å². The van der Waals surface area contributed by atoms with Gasteiger partial charge in [0.15, 0.2) is 0 Å². The van der Waals surface area contributed by atoms with E-state index in [1.54, 1.807) is 24.1 Å². The molecule has 94 valence electrons. The van der Waals surface area contributed by atoms with Crippen molar-refractivity contribution in [1.82, 2.24) is 0 Å². The molecule has 0 radical (unpaired) electrons. The highest BCUT2D eigenvalue weighted by atomic mass is 19.1. The minimum absolute atomic E-state index is 0.0859. The van der Waals surface area contributed by atoms with E-state index in [1.165, 1.54) is 6.07 Å². The normalized spacial score (nSPS) is 11.4. The van der Waals surface area contributed by atoms with E-state index in [0.717, 1.165) is 0 Å². The Morgan fingerprint density at radius 3 is 2.53 bits per heavy atom. The Kier molecular flexibility index (Phi) is 3.72. The summed E-state index contributed by atoms with van der Waals surface area (Å²) in [5, 5.41) is 16.5. The van der Waals surface area contributed by atoms with E-state index in [2.05, 4.69) is 0 Å². The summed E-state index contributed by atoms with van der Waals surface area (Å²) in [6, 6.07) is 4.37. The molecule has 0 aliphatic carbocycles. The van der Waals surface area contributed by atoms with E-state index >= 15 is 0 Å². The summed E-state index contributed by atoms with van der Waals surface area (Å²) in [6.45, 7) is 3.54. The first-order chi connectivity index (χ1) is 7.79. The molecule has 0 bridgehead atoms. The van der Waals surface area contributed by atoms with Crippen molar-refractivity contribution in [2.45, 2.75) is 19.4 Å². The topological polar surface area (TPSA) is 73.3 Å². The van der Waals surface area contributed by atoms with Crippen molar-refractivity contribution in [3.05, 3.63) is 29.6 Å². The molecule has 0 atom stereocenters. The SMILES string of the molecule is CN(c1ccc(C(=N)N)cc1F)C(C)(C)CO. The zero-order chi connectivity index (χ0) is 13.2. The number of hydrogen-bond donors (Lipinski definition) is 3. The highest BCUT2D eigenvalue weighted by molar-refractivity contribution is 5.95. The van der Waals surface area contributed by atoms with Crippen LogP contribution in [0.3, 0.4) is 0 Å². The molecule has 0 unspecified atom stereocenters. The van der Waals surface area contributed by atoms with Crippen LogP contribution in [0, 0.1) is 11.2 Å². The quantitative estimate of drug-likeness (QED) is 0.548. The zero-order valence-corrected chi connectivity index (χ0v) is 10.3. The first-order valence-electron chi connectivity index (χ1n) is 5.28. The molecule has 4 N–H and O–H groups in total. The van der Waals surface area contributed by atoms with E-state index < -0.39 is 11.4 Å². The minimum Gasteiger partial charge on any atom is -0.394 e. The van der Waals surface area contributed by atoms with Crippen molar-refractivity contribution in [2.75, 3.05) is 18.6 Å². The molecule has 4 nitrogen and oxygen atoms in total. The molecule has 0 spiro atoms. The van der Waals surface area contributed by atoms with Crippen molar-refractivity contribution >= 4 is 11.5 Å². The highest BCUT2D eigenvalue weighted by Gasteiger charge is 2.24. The van der Waals surface area contributed by atoms with Crippen LogP contribution in [0.2, 0.25) is 0 Å². The highest BCUT2D eigenvalue weighted by Crippen LogP contribution is 2.25. The molecule has 0 fully saturated rings. The Balaban J connectivity index is 3.12. The van der Waals surface area contributed by atoms with Gasteiger partial charge in [0, 0.05) is 12.6 Å². The molecule has 0 aromatic heterocycles. The van der Waals surface area contributed by atoms with E-state index in [0.29, 0.717) is 11.3 Å². The van der Waals surface area contributed by atoms with Gasteiger partial charge in [0.25, 0.3) is 0 Å². The van der Waals surface area contributed by atoms with E-state index in [9.17, 15) is 9.50 Å². The van der Waals surface area contributed by atoms with Crippen molar-refractivity contribution in [2.24, 2.45) is 5.73 Å². The van der Waals surface area contributed by atoms with Gasteiger partial charge in [0.1, 0.15) is 11.7 Å². The summed E-state index contributed by atoms with van der Waals surface area (Å²) in [7, 11) is 1.71. The molecule has 0 amide bonds. The van der Waals surface area contributed by atoms with Gasteiger partial charge in [-0.1, -0.05) is 0 Å². The molecule has 1 aromatic carbocycles. The van der Waals surface area contributed by atoms with E-state index in [1.807, 2.05) is 13.8 Å². The number of nitrogens with two attached hydrogens (primary N) is 1. The number of nitrogen functional groups attached to an aromatic ring is 1. The molecule has 5 heteroatoms. The number of aliphatic hydroxyl groups is 1. The standard InChI is InChI=1S/C12H18FN3O/c1-12(2,7-17)16(3)10-5-4-8(11(14)15)6-9(10)13/h4-6,17H,7H2,1-3H3,(H3,14,15). The molecule has 0 saturated heterocycles. The number of nitrogens with zero attached hydrogens (tertiary/aromatic N) is 1. The zero-order valence-electron chi connectivity index (χ0n) is 10.3. The smallest absolute Gasteiger partial charge is 0.147 e. The Morgan fingerprint density at radius 1 is 1.53 bits per heavy atom. The maximum atomic E-state index is 13.9. The number of hydrogen-bond acceptors (Lipinski definition) is 3. The van der Waals surface area contributed by atoms with Crippen LogP contribution in [0.5, 0.6) is 0 Å². The predicted molar refractivity (Wildman–Crippen MR) is 67.0 cm³/mol. The summed E-state index contributed by atoms with van der Waals surface area (Å²) < 4.78 is 13.9. The Hall–Kier alpha value is -1.62. The van der Waals surface area contributed by atoms with Crippen LogP contribution in [0.1, 0.15) is 19.4 Å². The third kappa shape index (κ3) is 2.74. The van der Waals surface area contributed by atoms with Crippen molar-refractivity contribution < 1.29 is 9.50 Å². The fourth-order valence-corrected chi connectivity index (χ4v) is 1.38. The minimum atomic E-state index is -0.557. The second kappa shape index (κ2) is 4.71. The monoisotopic (exact) mass is 239 g/mol. The Morgan fingerprint density at radius 2 is 2.12 bits per heavy atom. The lowest BCUT2D eigenvalue weighted by Crippen LogP contribution is -2.44. The molecule has 17 heavy (non-hydrogen) atoms. The lowest BCUT2D eigenvalue weighted by molar-refractivity contribution is 0.215. The first kappa shape index (κ1) is 13.4. The van der Waals surface area contributed by atoms with Crippen LogP contribution in [0.4, 0.5) is 10.1 Å². The molecule has 0 heterocycles. The lowest BCUT2D eigenvalue weighted by atomic mass is 10.0. The summed E-state index contributed by atoms with van der Waals surface area (Å²) >= 11 is 0. The van der Waals surface area contributed by atoms with Gasteiger partial charge in [0.2, 0.25) is 0 Å². The summed E-state index contributed by atoms with van der Waals surface area (Å²) in [5.41, 5.74) is 5.44. The van der Waals surface area contributed by atoms with Crippen LogP contribution >= 0.6 is 0 Å². The number of aliphatic hydroxyl groups excluding tert-OH is 1. The Labute approximate surface area is 100 Å². The van der Waals surface area contributed by atoms with E-state index in [-0.39, 0.29) is 12.4 Å². The number of nitrogens with one attached hydrogen (secondary N) is 1. The molecule has 0 saturated carbocycles. The number of benzene rings is 1. The van der Waals surface area contributed by atoms with Gasteiger partial charge < -0.3 is 15.7 Å². The number of rotatable bonds is 4. The molecule has 1 rings (SSSR count). The van der Waals surface area contributed by atoms with Crippen molar-refractivity contribution in [3.8, 4) is 0 Å². The summed E-state index contributed by atoms with van der Waals surface area (Å²) in [6.07, 6.45) is 0. The van der Waals surface area contributed by atoms with Crippen molar-refractivity contribution in [1.29, 1.82) is 5.41 Å². The maximum Gasteiger partial charge on any atom is 0.147 e. The average Bonchev–Trinajstić information content (AvgIpc) is 2.27.